The molecule has 4 aliphatic rings. The zero-order valence-electron chi connectivity index (χ0n) is 30.8. The summed E-state index contributed by atoms with van der Waals surface area (Å²) in [7, 11) is 0. The number of fused-ring (bicyclic) bond motifs is 18. The van der Waals surface area contributed by atoms with E-state index in [-0.39, 0.29) is 0 Å². The molecule has 2 spiro atoms. The topological polar surface area (TPSA) is 17.8 Å². The SMILES string of the molecule is CCc1nc2cccc3c2n1-c1c(cccc1-c1ccc2c(c1)C1(c4ccccc4-2)c2ccccc2C2(c4ccccc4-c4ccccc42)c2ccccc21)S3. The summed E-state index contributed by atoms with van der Waals surface area (Å²) < 4.78 is 2.45. The normalized spacial score (nSPS) is 15.2. The highest BCUT2D eigenvalue weighted by Crippen LogP contribution is 2.67. The smallest absolute Gasteiger partial charge is 0.114 e. The summed E-state index contributed by atoms with van der Waals surface area (Å²) in [5, 5.41) is 0. The molecular weight excluding hydrogens is 697 g/mol. The van der Waals surface area contributed by atoms with Gasteiger partial charge in [0.05, 0.1) is 27.6 Å². The van der Waals surface area contributed by atoms with Crippen molar-refractivity contribution >= 4 is 22.8 Å². The maximum absolute atomic E-state index is 5.16. The van der Waals surface area contributed by atoms with Gasteiger partial charge in [0.25, 0.3) is 0 Å². The number of rotatable bonds is 2. The van der Waals surface area contributed by atoms with Gasteiger partial charge in [0, 0.05) is 21.8 Å². The van der Waals surface area contributed by atoms with Crippen molar-refractivity contribution in [1.82, 2.24) is 9.55 Å². The van der Waals surface area contributed by atoms with Crippen LogP contribution >= 0.6 is 11.8 Å². The van der Waals surface area contributed by atoms with Gasteiger partial charge in [-0.1, -0.05) is 170 Å². The molecule has 0 amide bonds. The number of imidazole rings is 1. The van der Waals surface area contributed by atoms with Gasteiger partial charge in [0.15, 0.2) is 0 Å². The summed E-state index contributed by atoms with van der Waals surface area (Å²) in [4.78, 5) is 7.69. The fourth-order valence-electron chi connectivity index (χ4n) is 11.3. The van der Waals surface area contributed by atoms with Crippen LogP contribution in [0.4, 0.5) is 0 Å². The largest absolute Gasteiger partial charge is 0.293 e. The molecule has 0 bridgehead atoms. The Bertz CT molecular complexity index is 3090. The molecule has 0 unspecified atom stereocenters. The Labute approximate surface area is 330 Å². The molecule has 2 heterocycles. The first kappa shape index (κ1) is 30.9. The molecule has 2 nitrogen and oxygen atoms in total. The molecule has 0 radical (unpaired) electrons. The van der Waals surface area contributed by atoms with E-state index < -0.39 is 10.8 Å². The highest BCUT2D eigenvalue weighted by molar-refractivity contribution is 7.99. The molecule has 56 heavy (non-hydrogen) atoms. The molecule has 1 aromatic heterocycles. The van der Waals surface area contributed by atoms with Crippen LogP contribution in [-0.2, 0) is 17.3 Å². The molecule has 9 aromatic rings. The average Bonchev–Trinajstić information content (AvgIpc) is 3.89. The lowest BCUT2D eigenvalue weighted by Gasteiger charge is -2.48. The van der Waals surface area contributed by atoms with Crippen LogP contribution in [0.2, 0.25) is 0 Å². The summed E-state index contributed by atoms with van der Waals surface area (Å²) in [5.74, 6) is 1.10. The number of hydrogen-bond donors (Lipinski definition) is 0. The van der Waals surface area contributed by atoms with Crippen molar-refractivity contribution in [3.8, 4) is 39.1 Å². The minimum absolute atomic E-state index is 0.451. The minimum atomic E-state index is -0.528. The summed E-state index contributed by atoms with van der Waals surface area (Å²) in [6.45, 7) is 2.22. The molecule has 13 rings (SSSR count). The maximum atomic E-state index is 5.16. The van der Waals surface area contributed by atoms with Crippen LogP contribution in [0.5, 0.6) is 0 Å². The third-order valence-corrected chi connectivity index (χ3v) is 14.3. The highest BCUT2D eigenvalue weighted by atomic mass is 32.2. The number of benzene rings is 8. The van der Waals surface area contributed by atoms with Crippen molar-refractivity contribution in [2.75, 3.05) is 0 Å². The van der Waals surface area contributed by atoms with Crippen LogP contribution in [0.3, 0.4) is 0 Å². The average molecular weight is 731 g/mol. The Balaban J connectivity index is 1.14. The van der Waals surface area contributed by atoms with Crippen molar-refractivity contribution in [1.29, 1.82) is 0 Å². The Hall–Kier alpha value is -6.42. The molecule has 0 saturated heterocycles. The summed E-state index contributed by atoms with van der Waals surface area (Å²) in [6, 6.07) is 66.8. The lowest BCUT2D eigenvalue weighted by Crippen LogP contribution is -2.43. The lowest BCUT2D eigenvalue weighted by molar-refractivity contribution is 0.633. The van der Waals surface area contributed by atoms with E-state index in [1.807, 2.05) is 11.8 Å². The molecule has 3 aliphatic carbocycles. The van der Waals surface area contributed by atoms with Crippen LogP contribution in [0.25, 0.3) is 50.1 Å². The Morgan fingerprint density at radius 2 is 0.911 bits per heavy atom. The third kappa shape index (κ3) is 3.51. The molecule has 8 aromatic carbocycles. The van der Waals surface area contributed by atoms with E-state index in [0.29, 0.717) is 0 Å². The number of aryl methyl sites for hydroxylation is 1. The van der Waals surface area contributed by atoms with Crippen molar-refractivity contribution < 1.29 is 0 Å². The van der Waals surface area contributed by atoms with Gasteiger partial charge in [-0.2, -0.15) is 0 Å². The molecule has 262 valence electrons. The van der Waals surface area contributed by atoms with Gasteiger partial charge < -0.3 is 0 Å². The van der Waals surface area contributed by atoms with E-state index in [1.54, 1.807) is 0 Å². The standard InChI is InChI=1S/C53H34N2S/c1-2-49-54-46-26-14-28-48-51(46)55(49)50-33(18-13-27-47(50)56-48)32-29-30-37-36-17-5-8-21-40(36)53(45(37)31-32)43-24-11-9-22-41(43)52(42-23-10-12-25-44(42)53)38-19-6-3-15-34(38)35-16-4-7-20-39(35)52/h3-31H,2H2,1H3. The lowest BCUT2D eigenvalue weighted by atomic mass is 9.52. The van der Waals surface area contributed by atoms with Gasteiger partial charge in [0.1, 0.15) is 5.82 Å². The van der Waals surface area contributed by atoms with Crippen molar-refractivity contribution in [3.63, 3.8) is 0 Å². The predicted octanol–water partition coefficient (Wildman–Crippen LogP) is 12.8. The summed E-state index contributed by atoms with van der Waals surface area (Å²) >= 11 is 1.86. The maximum Gasteiger partial charge on any atom is 0.114 e. The van der Waals surface area contributed by atoms with Crippen LogP contribution in [0.15, 0.2) is 186 Å². The first-order valence-corrected chi connectivity index (χ1v) is 20.5. The monoisotopic (exact) mass is 730 g/mol. The van der Waals surface area contributed by atoms with Gasteiger partial charge in [-0.3, -0.25) is 4.57 Å². The second kappa shape index (κ2) is 10.9. The molecule has 1 aliphatic heterocycles. The second-order valence-corrected chi connectivity index (χ2v) is 16.7. The first-order chi connectivity index (χ1) is 27.7. The van der Waals surface area contributed by atoms with E-state index in [0.717, 1.165) is 17.8 Å². The van der Waals surface area contributed by atoms with Crippen molar-refractivity contribution in [2.24, 2.45) is 0 Å². The quantitative estimate of drug-likeness (QED) is 0.176. The third-order valence-electron chi connectivity index (χ3n) is 13.2. The molecule has 3 heteroatoms. The fraction of sp³-hybridized carbons (Fsp3) is 0.0755. The zero-order valence-corrected chi connectivity index (χ0v) is 31.6. The zero-order chi connectivity index (χ0) is 36.8. The second-order valence-electron chi connectivity index (χ2n) is 15.6. The van der Waals surface area contributed by atoms with E-state index in [4.69, 9.17) is 4.98 Å². The van der Waals surface area contributed by atoms with Crippen molar-refractivity contribution in [2.45, 2.75) is 34.0 Å². The number of aromatic nitrogens is 2. The Kier molecular flexibility index (Phi) is 5.99. The van der Waals surface area contributed by atoms with Gasteiger partial charge in [0.2, 0.25) is 0 Å². The van der Waals surface area contributed by atoms with Crippen LogP contribution < -0.4 is 0 Å². The fourth-order valence-corrected chi connectivity index (χ4v) is 12.4. The first-order valence-electron chi connectivity index (χ1n) is 19.7. The number of nitrogens with zero attached hydrogens (tertiary/aromatic N) is 2. The molecular formula is C53H34N2S. The summed E-state index contributed by atoms with van der Waals surface area (Å²) in [6.07, 6.45) is 0.858. The van der Waals surface area contributed by atoms with Crippen LogP contribution in [0, 0.1) is 0 Å². The predicted molar refractivity (Wildman–Crippen MR) is 228 cm³/mol. The van der Waals surface area contributed by atoms with Gasteiger partial charge in [-0.25, -0.2) is 4.98 Å². The van der Waals surface area contributed by atoms with Gasteiger partial charge in [-0.15, -0.1) is 0 Å². The van der Waals surface area contributed by atoms with E-state index >= 15 is 0 Å². The van der Waals surface area contributed by atoms with E-state index in [9.17, 15) is 0 Å². The minimum Gasteiger partial charge on any atom is -0.293 e. The molecule has 0 fully saturated rings. The molecule has 0 atom stereocenters. The summed E-state index contributed by atoms with van der Waals surface area (Å²) in [5.41, 5.74) is 21.1. The molecule has 0 N–H and O–H groups in total. The van der Waals surface area contributed by atoms with Crippen LogP contribution in [0.1, 0.15) is 57.3 Å². The van der Waals surface area contributed by atoms with E-state index in [1.165, 1.54) is 98.9 Å². The van der Waals surface area contributed by atoms with Crippen LogP contribution in [-0.4, -0.2) is 9.55 Å². The van der Waals surface area contributed by atoms with E-state index in [2.05, 4.69) is 187 Å². The van der Waals surface area contributed by atoms with Gasteiger partial charge >= 0.3 is 0 Å². The Morgan fingerprint density at radius 3 is 1.48 bits per heavy atom. The van der Waals surface area contributed by atoms with Gasteiger partial charge in [-0.05, 0) is 96.6 Å². The number of para-hydroxylation sites is 2. The Morgan fingerprint density at radius 1 is 0.446 bits per heavy atom. The highest BCUT2D eigenvalue weighted by Gasteiger charge is 2.58. The molecule has 0 saturated carbocycles. The number of hydrogen-bond acceptors (Lipinski definition) is 2. The van der Waals surface area contributed by atoms with Crippen molar-refractivity contribution in [3.05, 3.63) is 226 Å².